The van der Waals surface area contributed by atoms with Crippen molar-refractivity contribution in [1.82, 2.24) is 0 Å². The largest absolute Gasteiger partial charge is 0.492 e. The molecule has 0 atom stereocenters. The van der Waals surface area contributed by atoms with Crippen LogP contribution in [0, 0.1) is 22.7 Å². The molecular formula is C27H24N2O3. The van der Waals surface area contributed by atoms with Gasteiger partial charge in [-0.3, -0.25) is 0 Å². The summed E-state index contributed by atoms with van der Waals surface area (Å²) in [5.41, 5.74) is 3.11. The van der Waals surface area contributed by atoms with Crippen LogP contribution >= 0.6 is 0 Å². The predicted molar refractivity (Wildman–Crippen MR) is 122 cm³/mol. The van der Waals surface area contributed by atoms with Gasteiger partial charge >= 0.3 is 5.97 Å². The first-order valence-electron chi connectivity index (χ1n) is 10.6. The van der Waals surface area contributed by atoms with Gasteiger partial charge in [0.25, 0.3) is 0 Å². The summed E-state index contributed by atoms with van der Waals surface area (Å²) in [6.45, 7) is 2.69. The molecule has 0 heterocycles. The second-order valence-electron chi connectivity index (χ2n) is 7.33. The molecule has 0 saturated carbocycles. The van der Waals surface area contributed by atoms with Gasteiger partial charge in [0.2, 0.25) is 0 Å². The Morgan fingerprint density at radius 2 is 1.53 bits per heavy atom. The summed E-state index contributed by atoms with van der Waals surface area (Å²) in [6.07, 6.45) is 4.33. The van der Waals surface area contributed by atoms with E-state index in [4.69, 9.17) is 14.7 Å². The Bertz CT molecular complexity index is 1140. The number of hydrogen-bond acceptors (Lipinski definition) is 5. The van der Waals surface area contributed by atoms with Crippen LogP contribution in [0.2, 0.25) is 0 Å². The summed E-state index contributed by atoms with van der Waals surface area (Å²) in [5.74, 6) is 0.344. The van der Waals surface area contributed by atoms with E-state index >= 15 is 0 Å². The van der Waals surface area contributed by atoms with Gasteiger partial charge in [0.1, 0.15) is 17.6 Å². The highest BCUT2D eigenvalue weighted by Crippen LogP contribution is 2.24. The number of hydrogen-bond donors (Lipinski definition) is 0. The zero-order chi connectivity index (χ0) is 22.8. The Morgan fingerprint density at radius 1 is 0.844 bits per heavy atom. The Balaban J connectivity index is 1.63. The van der Waals surface area contributed by atoms with Crippen molar-refractivity contribution in [3.8, 4) is 34.8 Å². The second-order valence-corrected chi connectivity index (χ2v) is 7.33. The van der Waals surface area contributed by atoms with Gasteiger partial charge < -0.3 is 9.47 Å². The number of carbonyl (C=O) groups is 1. The Hall–Kier alpha value is -4.09. The molecule has 5 nitrogen and oxygen atoms in total. The summed E-state index contributed by atoms with van der Waals surface area (Å²) < 4.78 is 11.2. The minimum absolute atomic E-state index is 0.288. The topological polar surface area (TPSA) is 83.1 Å². The quantitative estimate of drug-likeness (QED) is 0.229. The molecule has 0 aromatic heterocycles. The van der Waals surface area contributed by atoms with Crippen molar-refractivity contribution in [3.05, 3.63) is 83.4 Å². The lowest BCUT2D eigenvalue weighted by molar-refractivity contribution is 0.0734. The van der Waals surface area contributed by atoms with Crippen molar-refractivity contribution in [2.75, 3.05) is 6.61 Å². The van der Waals surface area contributed by atoms with E-state index in [0.717, 1.165) is 36.8 Å². The zero-order valence-electron chi connectivity index (χ0n) is 18.0. The van der Waals surface area contributed by atoms with E-state index < -0.39 is 5.97 Å². The van der Waals surface area contributed by atoms with Gasteiger partial charge in [-0.05, 0) is 60.0 Å². The fraction of sp³-hybridized carbons (Fsp3) is 0.222. The molecule has 0 aliphatic carbocycles. The van der Waals surface area contributed by atoms with Crippen molar-refractivity contribution in [2.24, 2.45) is 0 Å². The molecule has 0 N–H and O–H groups in total. The molecule has 3 rings (SSSR count). The van der Waals surface area contributed by atoms with Crippen LogP contribution in [0.4, 0.5) is 0 Å². The number of esters is 1. The first-order chi connectivity index (χ1) is 15.6. The van der Waals surface area contributed by atoms with Crippen LogP contribution in [-0.2, 0) is 0 Å². The molecule has 3 aromatic rings. The van der Waals surface area contributed by atoms with Crippen molar-refractivity contribution in [2.45, 2.75) is 32.6 Å². The van der Waals surface area contributed by atoms with Crippen molar-refractivity contribution < 1.29 is 14.3 Å². The van der Waals surface area contributed by atoms with Gasteiger partial charge in [-0.2, -0.15) is 10.5 Å². The smallest absolute Gasteiger partial charge is 0.343 e. The molecule has 32 heavy (non-hydrogen) atoms. The highest BCUT2D eigenvalue weighted by molar-refractivity contribution is 5.91. The minimum atomic E-state index is -0.540. The van der Waals surface area contributed by atoms with E-state index in [9.17, 15) is 10.1 Å². The lowest BCUT2D eigenvalue weighted by atomic mass is 10.0. The molecule has 0 bridgehead atoms. The summed E-state index contributed by atoms with van der Waals surface area (Å²) in [4.78, 5) is 12.5. The summed E-state index contributed by atoms with van der Waals surface area (Å²) in [5, 5.41) is 18.3. The number of benzene rings is 3. The number of nitrogens with zero attached hydrogens (tertiary/aromatic N) is 2. The molecule has 0 amide bonds. The first kappa shape index (κ1) is 22.6. The second kappa shape index (κ2) is 11.3. The van der Waals surface area contributed by atoms with Crippen molar-refractivity contribution in [3.63, 3.8) is 0 Å². The third kappa shape index (κ3) is 5.97. The molecule has 160 valence electrons. The third-order valence-corrected chi connectivity index (χ3v) is 5.00. The number of nitriles is 2. The highest BCUT2D eigenvalue weighted by atomic mass is 16.5. The van der Waals surface area contributed by atoms with E-state index in [-0.39, 0.29) is 5.56 Å². The maximum Gasteiger partial charge on any atom is 0.343 e. The molecule has 0 fully saturated rings. The number of rotatable bonds is 9. The molecule has 0 aliphatic heterocycles. The van der Waals surface area contributed by atoms with E-state index in [2.05, 4.69) is 19.1 Å². The predicted octanol–water partition coefficient (Wildman–Crippen LogP) is 6.28. The maximum absolute atomic E-state index is 12.5. The third-order valence-electron chi connectivity index (χ3n) is 5.00. The summed E-state index contributed by atoms with van der Waals surface area (Å²) in [6, 6.07) is 23.3. The molecular weight excluding hydrogens is 400 g/mol. The Kier molecular flexibility index (Phi) is 8.01. The molecule has 5 heteroatoms. The first-order valence-corrected chi connectivity index (χ1v) is 10.6. The summed E-state index contributed by atoms with van der Waals surface area (Å²) >= 11 is 0. The maximum atomic E-state index is 12.5. The van der Waals surface area contributed by atoms with Gasteiger partial charge in [-0.15, -0.1) is 0 Å². The average molecular weight is 425 g/mol. The molecule has 0 unspecified atom stereocenters. The van der Waals surface area contributed by atoms with Crippen molar-refractivity contribution >= 4 is 5.97 Å². The lowest BCUT2D eigenvalue weighted by Gasteiger charge is -2.10. The molecule has 3 aromatic carbocycles. The Labute approximate surface area is 188 Å². The Morgan fingerprint density at radius 3 is 2.16 bits per heavy atom. The van der Waals surface area contributed by atoms with Crippen LogP contribution in [0.5, 0.6) is 11.5 Å². The van der Waals surface area contributed by atoms with Gasteiger partial charge in [-0.1, -0.05) is 50.5 Å². The normalized spacial score (nSPS) is 10.1. The van der Waals surface area contributed by atoms with Gasteiger partial charge in [-0.25, -0.2) is 4.79 Å². The summed E-state index contributed by atoms with van der Waals surface area (Å²) in [7, 11) is 0. The molecule has 0 saturated heterocycles. The molecule has 0 spiro atoms. The van der Waals surface area contributed by atoms with E-state index in [1.165, 1.54) is 6.07 Å². The van der Waals surface area contributed by atoms with Crippen LogP contribution in [0.25, 0.3) is 11.1 Å². The fourth-order valence-corrected chi connectivity index (χ4v) is 3.20. The molecule has 0 radical (unpaired) electrons. The minimum Gasteiger partial charge on any atom is -0.492 e. The number of carbonyl (C=O) groups excluding carboxylic acids is 1. The SMILES string of the molecule is CCCCCCOc1ccc(C(=O)Oc2ccc(-c3ccc(C#N)cc3)cc2)cc1C#N. The van der Waals surface area contributed by atoms with Gasteiger partial charge in [0, 0.05) is 0 Å². The average Bonchev–Trinajstić information content (AvgIpc) is 2.84. The lowest BCUT2D eigenvalue weighted by Crippen LogP contribution is -2.09. The van der Waals surface area contributed by atoms with Crippen LogP contribution in [0.1, 0.15) is 54.1 Å². The van der Waals surface area contributed by atoms with Crippen LogP contribution < -0.4 is 9.47 Å². The standard InChI is InChI=1S/C27H24N2O3/c1-2-3-4-5-16-31-26-15-12-23(17-24(26)19-29)27(30)32-25-13-10-22(11-14-25)21-8-6-20(18-28)7-9-21/h6-15,17H,2-5,16H2,1H3. The van der Waals surface area contributed by atoms with Gasteiger partial charge in [0.05, 0.1) is 29.4 Å². The fourth-order valence-electron chi connectivity index (χ4n) is 3.20. The van der Waals surface area contributed by atoms with E-state index in [0.29, 0.717) is 29.2 Å². The monoisotopic (exact) mass is 424 g/mol. The van der Waals surface area contributed by atoms with E-state index in [1.807, 2.05) is 24.3 Å². The number of unbranched alkanes of at least 4 members (excludes halogenated alkanes) is 3. The number of ether oxygens (including phenoxy) is 2. The van der Waals surface area contributed by atoms with E-state index in [1.54, 1.807) is 36.4 Å². The van der Waals surface area contributed by atoms with Crippen LogP contribution in [-0.4, -0.2) is 12.6 Å². The van der Waals surface area contributed by atoms with Gasteiger partial charge in [0.15, 0.2) is 0 Å². The van der Waals surface area contributed by atoms with Crippen LogP contribution in [0.15, 0.2) is 66.7 Å². The van der Waals surface area contributed by atoms with Crippen LogP contribution in [0.3, 0.4) is 0 Å². The highest BCUT2D eigenvalue weighted by Gasteiger charge is 2.13. The molecule has 0 aliphatic rings. The zero-order valence-corrected chi connectivity index (χ0v) is 18.0. The van der Waals surface area contributed by atoms with Crippen molar-refractivity contribution in [1.29, 1.82) is 10.5 Å².